The quantitative estimate of drug-likeness (QED) is 0.600. The van der Waals surface area contributed by atoms with Crippen LogP contribution in [0.4, 0.5) is 0 Å². The Bertz CT molecular complexity index is 12.8. The van der Waals surface area contributed by atoms with Gasteiger partial charge in [-0.2, -0.15) is 0 Å². The van der Waals surface area contributed by atoms with Crippen molar-refractivity contribution in [3.8, 4) is 0 Å². The van der Waals surface area contributed by atoms with Crippen LogP contribution in [0.3, 0.4) is 0 Å². The molecule has 0 radical (unpaired) electrons. The third kappa shape index (κ3) is 9.51. The fourth-order valence-corrected chi connectivity index (χ4v) is 0. The van der Waals surface area contributed by atoms with Gasteiger partial charge in [-0.05, 0) is 0 Å². The van der Waals surface area contributed by atoms with Gasteiger partial charge in [-0.25, -0.2) is 0 Å². The zero-order chi connectivity index (χ0) is 3.58. The first-order valence-electron chi connectivity index (χ1n) is 0.871. The summed E-state index contributed by atoms with van der Waals surface area (Å²) in [5.41, 5.74) is 0. The molecule has 21 valence electrons. The van der Waals surface area contributed by atoms with Crippen LogP contribution in [0.1, 0.15) is 0 Å². The van der Waals surface area contributed by atoms with Gasteiger partial charge in [0.05, 0.1) is 0 Å². The van der Waals surface area contributed by atoms with Gasteiger partial charge in [-0.3, -0.25) is 0 Å². The summed E-state index contributed by atoms with van der Waals surface area (Å²) in [5.74, 6) is 0. The maximum atomic E-state index is 2.44. The van der Waals surface area contributed by atoms with E-state index in [0.717, 1.165) is 29.7 Å². The zero-order valence-corrected chi connectivity index (χ0v) is 7.95. The van der Waals surface area contributed by atoms with E-state index in [2.05, 4.69) is 18.7 Å². The van der Waals surface area contributed by atoms with Crippen molar-refractivity contribution < 1.29 is 47.4 Å². The molecule has 0 aliphatic rings. The van der Waals surface area contributed by atoms with E-state index in [-0.39, 0.29) is 0 Å². The molecule has 1 nitrogen and oxygen atoms in total. The van der Waals surface area contributed by atoms with E-state index in [1.54, 1.807) is 0 Å². The fraction of sp³-hybridized carbons (Fsp3) is 1.00. The molecule has 0 spiro atoms. The summed E-state index contributed by atoms with van der Waals surface area (Å²) in [5, 5.41) is 0. The van der Waals surface area contributed by atoms with Crippen molar-refractivity contribution in [1.82, 2.24) is 1.08 Å². The molecule has 0 unspecified atom stereocenters. The van der Waals surface area contributed by atoms with Crippen LogP contribution < -0.4 is 0 Å². The molecule has 0 fully saturated rings. The van der Waals surface area contributed by atoms with Gasteiger partial charge in [0.15, 0.2) is 0 Å². The molecule has 0 aromatic heterocycles. The molecule has 0 saturated carbocycles. The monoisotopic (exact) mass is 318 g/mol. The second-order valence-electron chi connectivity index (χ2n) is 0.524. The average molecular weight is 318 g/mol. The minimum atomic E-state index is 0.981. The number of rotatable bonds is 0. The van der Waals surface area contributed by atoms with Crippen LogP contribution in [-0.4, -0.2) is 8.13 Å². The van der Waals surface area contributed by atoms with E-state index in [9.17, 15) is 0 Å². The molecule has 0 N–H and O–H groups in total. The van der Waals surface area contributed by atoms with Crippen molar-refractivity contribution in [3.63, 3.8) is 0 Å². The van der Waals surface area contributed by atoms with Crippen molar-refractivity contribution in [3.05, 3.63) is 0 Å². The van der Waals surface area contributed by atoms with Crippen LogP contribution >= 0.6 is 0 Å². The topological polar surface area (TPSA) is 3.24 Å². The number of hydrogen-bond donors (Lipinski definition) is 0. The van der Waals surface area contributed by atoms with Crippen molar-refractivity contribution in [2.75, 3.05) is 7.05 Å². The zero-order valence-electron chi connectivity index (χ0n) is 2.39. The number of nitrogens with zero attached hydrogens (tertiary/aromatic N) is 1. The van der Waals surface area contributed by atoms with Gasteiger partial charge in [0, 0.05) is 0 Å². The average Bonchev–Trinajstić information content (AvgIpc) is 0.811. The summed E-state index contributed by atoms with van der Waals surface area (Å²) >= 11 is 3.42. The summed E-state index contributed by atoms with van der Waals surface area (Å²) < 4.78 is 2.11. The first-order chi connectivity index (χ1) is 1.73. The molecule has 0 aromatic rings. The van der Waals surface area contributed by atoms with Crippen molar-refractivity contribution >= 4 is 0 Å². The minimum absolute atomic E-state index is 0.981. The third-order valence-corrected chi connectivity index (χ3v) is 0. The van der Waals surface area contributed by atoms with Crippen molar-refractivity contribution in [2.45, 2.75) is 0 Å². The van der Waals surface area contributed by atoms with Crippen LogP contribution in [0.2, 0.25) is 0 Å². The Labute approximate surface area is 55.1 Å². The summed E-state index contributed by atoms with van der Waals surface area (Å²) in [6.07, 6.45) is 0. The molecule has 0 rings (SSSR count). The van der Waals surface area contributed by atoms with E-state index in [1.165, 1.54) is 0 Å². The standard InChI is InChI=1S/CH3N.U.V/c1-2;;/h1H3;;. The van der Waals surface area contributed by atoms with E-state index in [4.69, 9.17) is 0 Å². The second kappa shape index (κ2) is 2.81. The van der Waals surface area contributed by atoms with Gasteiger partial charge in [0.25, 0.3) is 0 Å². The summed E-state index contributed by atoms with van der Waals surface area (Å²) in [7, 11) is 2.05. The van der Waals surface area contributed by atoms with Crippen molar-refractivity contribution in [1.29, 1.82) is 0 Å². The van der Waals surface area contributed by atoms with Gasteiger partial charge in [0.2, 0.25) is 0 Å². The molecule has 0 aliphatic carbocycles. The predicted molar refractivity (Wildman–Crippen MR) is 7.76 cm³/mol. The van der Waals surface area contributed by atoms with Crippen LogP contribution in [-0.2, 0) is 17.7 Å². The van der Waals surface area contributed by atoms with E-state index >= 15 is 0 Å². The Balaban J connectivity index is 2.32. The Morgan fingerprint density at radius 2 is 2.00 bits per heavy atom. The molecular weight excluding hydrogens is 315 g/mol. The van der Waals surface area contributed by atoms with Crippen LogP contribution in [0.5, 0.6) is 0 Å². The summed E-state index contributed by atoms with van der Waals surface area (Å²) in [6, 6.07) is 0. The molecule has 4 heavy (non-hydrogen) atoms. The van der Waals surface area contributed by atoms with Crippen molar-refractivity contribution in [2.24, 2.45) is 0 Å². The molecule has 0 atom stereocenters. The first-order valence-corrected chi connectivity index (χ1v) is 3.36. The summed E-state index contributed by atoms with van der Waals surface area (Å²) in [4.78, 5) is 0. The molecule has 0 amide bonds. The van der Waals surface area contributed by atoms with E-state index < -0.39 is 0 Å². The Morgan fingerprint density at radius 1 is 2.00 bits per heavy atom. The first kappa shape index (κ1) is 5.60. The van der Waals surface area contributed by atoms with Crippen LogP contribution in [0.15, 0.2) is 0 Å². The maximum absolute atomic E-state index is 2.44. The second-order valence-corrected chi connectivity index (χ2v) is 6.76. The molecule has 3 heteroatoms. The Hall–Kier alpha value is 1.60. The van der Waals surface area contributed by atoms with Gasteiger partial charge < -0.3 is 0 Å². The molecule has 0 saturated heterocycles. The van der Waals surface area contributed by atoms with Gasteiger partial charge in [-0.15, -0.1) is 0 Å². The van der Waals surface area contributed by atoms with Gasteiger partial charge in [-0.1, -0.05) is 0 Å². The molecule has 0 heterocycles. The van der Waals surface area contributed by atoms with Gasteiger partial charge >= 0.3 is 55.5 Å². The predicted octanol–water partition coefficient (Wildman–Crippen LogP) is -0.156. The molecule has 0 aliphatic heterocycles. The van der Waals surface area contributed by atoms with E-state index in [1.807, 2.05) is 7.05 Å². The fourth-order valence-electron chi connectivity index (χ4n) is 0. The molecule has 0 bridgehead atoms. The number of hydrogen-bond acceptors (Lipinski definition) is 1. The van der Waals surface area contributed by atoms with Gasteiger partial charge in [0.1, 0.15) is 0 Å². The normalized spacial score (nSPS) is 9.00. The summed E-state index contributed by atoms with van der Waals surface area (Å²) in [6.45, 7) is 0. The molecular formula is CH3NUV. The van der Waals surface area contributed by atoms with E-state index in [0.29, 0.717) is 0 Å². The Kier molecular flexibility index (Phi) is 3.94. The van der Waals surface area contributed by atoms with Crippen LogP contribution in [0.25, 0.3) is 0 Å². The van der Waals surface area contributed by atoms with Crippen LogP contribution in [0, 0.1) is 29.7 Å². The molecule has 0 aromatic carbocycles. The Morgan fingerprint density at radius 3 is 2.00 bits per heavy atom. The third-order valence-electron chi connectivity index (χ3n) is 0. The SMILES string of the molecule is C[N]([V])[U].